The van der Waals surface area contributed by atoms with Crippen LogP contribution in [0.3, 0.4) is 0 Å². The van der Waals surface area contributed by atoms with E-state index in [4.69, 9.17) is 34.5 Å². The lowest BCUT2D eigenvalue weighted by molar-refractivity contribution is -0.0474. The molecule has 2 unspecified atom stereocenters. The van der Waals surface area contributed by atoms with Crippen LogP contribution in [0, 0.1) is 0 Å². The van der Waals surface area contributed by atoms with E-state index < -0.39 is 63.8 Å². The molecule has 40 heavy (non-hydrogen) atoms. The lowest BCUT2D eigenvalue weighted by atomic mass is 10.2. The highest BCUT2D eigenvalue weighted by Crippen LogP contribution is 2.60. The molecule has 216 valence electrons. The highest BCUT2D eigenvalue weighted by Gasteiger charge is 2.47. The van der Waals surface area contributed by atoms with Crippen molar-refractivity contribution in [3.05, 3.63) is 35.4 Å². The Balaban J connectivity index is 1.23. The molecule has 0 spiro atoms. The van der Waals surface area contributed by atoms with Crippen LogP contribution in [0.1, 0.15) is 25.3 Å². The van der Waals surface area contributed by atoms with E-state index in [0.717, 1.165) is 4.57 Å². The van der Waals surface area contributed by atoms with Crippen LogP contribution >= 0.6 is 26.0 Å². The Kier molecular flexibility index (Phi) is 7.23. The first-order valence-electron chi connectivity index (χ1n) is 11.9. The van der Waals surface area contributed by atoms with Crippen LogP contribution in [0.4, 0.5) is 11.6 Å². The highest BCUT2D eigenvalue weighted by atomic mass is 32.7. The summed E-state index contributed by atoms with van der Waals surface area (Å²) in [5.74, 6) is 0.0367. The minimum absolute atomic E-state index is 0.00795. The van der Waals surface area contributed by atoms with Gasteiger partial charge in [-0.15, -0.1) is 0 Å². The van der Waals surface area contributed by atoms with E-state index in [1.54, 1.807) is 4.57 Å². The molecule has 8 atom stereocenters. The summed E-state index contributed by atoms with van der Waals surface area (Å²) in [6, 6.07) is 1.38. The van der Waals surface area contributed by atoms with Crippen molar-refractivity contribution in [1.29, 1.82) is 0 Å². The molecule has 0 aromatic carbocycles. The summed E-state index contributed by atoms with van der Waals surface area (Å²) in [6.45, 7) is -4.86. The van der Waals surface area contributed by atoms with Gasteiger partial charge in [-0.1, -0.05) is 0 Å². The number of nitrogens with zero attached hydrogens (tertiary/aromatic N) is 6. The van der Waals surface area contributed by atoms with E-state index in [2.05, 4.69) is 19.9 Å². The molecule has 6 heterocycles. The molecule has 3 aliphatic rings. The number of ether oxygens (including phenoxy) is 2. The molecule has 3 fully saturated rings. The van der Waals surface area contributed by atoms with E-state index in [9.17, 15) is 23.7 Å². The summed E-state index contributed by atoms with van der Waals surface area (Å²) in [6.07, 6.45) is -1.75. The number of aromatic nitrogens is 6. The number of nitrogen functional groups attached to an aromatic ring is 2. The number of phosphoric acid groups is 1. The maximum absolute atomic E-state index is 13.1. The van der Waals surface area contributed by atoms with E-state index in [1.807, 2.05) is 0 Å². The zero-order valence-electron chi connectivity index (χ0n) is 20.4. The smallest absolute Gasteiger partial charge is 0.383 e. The van der Waals surface area contributed by atoms with Crippen LogP contribution in [-0.4, -0.2) is 75.6 Å². The van der Waals surface area contributed by atoms with Gasteiger partial charge in [-0.05, 0) is 17.4 Å². The molecule has 0 aliphatic carbocycles. The maximum atomic E-state index is 13.1. The van der Waals surface area contributed by atoms with E-state index in [1.165, 1.54) is 24.9 Å². The van der Waals surface area contributed by atoms with Crippen LogP contribution in [0.2, 0.25) is 0 Å². The van der Waals surface area contributed by atoms with Crippen molar-refractivity contribution in [2.45, 2.75) is 49.7 Å². The van der Waals surface area contributed by atoms with Gasteiger partial charge in [-0.25, -0.2) is 28.9 Å². The van der Waals surface area contributed by atoms with E-state index >= 15 is 0 Å². The van der Waals surface area contributed by atoms with Gasteiger partial charge in [-0.2, -0.15) is 4.98 Å². The number of rotatable bonds is 2. The third-order valence-corrected chi connectivity index (χ3v) is 10.6. The summed E-state index contributed by atoms with van der Waals surface area (Å²) < 4.78 is 56.8. The predicted molar refractivity (Wildman–Crippen MR) is 138 cm³/mol. The van der Waals surface area contributed by atoms with E-state index in [0.29, 0.717) is 22.5 Å². The van der Waals surface area contributed by atoms with Gasteiger partial charge in [0.05, 0.1) is 19.0 Å². The highest BCUT2D eigenvalue weighted by molar-refractivity contribution is 8.54. The first kappa shape index (κ1) is 27.7. The van der Waals surface area contributed by atoms with Gasteiger partial charge in [-0.3, -0.25) is 22.7 Å². The molecule has 0 saturated carbocycles. The van der Waals surface area contributed by atoms with Crippen molar-refractivity contribution < 1.29 is 42.0 Å². The van der Waals surface area contributed by atoms with Crippen molar-refractivity contribution in [2.24, 2.45) is 0 Å². The largest absolute Gasteiger partial charge is 0.472 e. The Morgan fingerprint density at radius 1 is 0.975 bits per heavy atom. The molecule has 6 N–H and O–H groups in total. The summed E-state index contributed by atoms with van der Waals surface area (Å²) in [5.41, 5.74) is 11.4. The molecular weight excluding hydrogens is 594 g/mol. The summed E-state index contributed by atoms with van der Waals surface area (Å²) in [7, 11) is -4.68. The molecule has 3 aromatic heterocycles. The molecule has 6 rings (SSSR count). The molecule has 0 radical (unpaired) electrons. The van der Waals surface area contributed by atoms with Crippen LogP contribution in [0.15, 0.2) is 29.7 Å². The average Bonchev–Trinajstić information content (AvgIpc) is 3.58. The number of anilines is 2. The molecule has 3 aliphatic heterocycles. The second-order valence-electron chi connectivity index (χ2n) is 9.17. The van der Waals surface area contributed by atoms with Crippen LogP contribution in [-0.2, 0) is 32.2 Å². The molecule has 18 nitrogen and oxygen atoms in total. The van der Waals surface area contributed by atoms with Gasteiger partial charge in [0.1, 0.15) is 48.4 Å². The first-order chi connectivity index (χ1) is 19.0. The molecular formula is C19H24N8O10P2S. The minimum atomic E-state index is -4.68. The zero-order chi connectivity index (χ0) is 28.2. The fourth-order valence-electron chi connectivity index (χ4n) is 4.73. The predicted octanol–water partition coefficient (Wildman–Crippen LogP) is 0.557. The van der Waals surface area contributed by atoms with Crippen molar-refractivity contribution in [3.8, 4) is 0 Å². The van der Waals surface area contributed by atoms with Crippen LogP contribution in [0.5, 0.6) is 0 Å². The van der Waals surface area contributed by atoms with Crippen molar-refractivity contribution in [2.75, 3.05) is 23.8 Å². The number of hydrogen-bond acceptors (Lipinski definition) is 15. The van der Waals surface area contributed by atoms with Crippen molar-refractivity contribution >= 4 is 48.8 Å². The fraction of sp³-hybridized carbons (Fsp3) is 0.526. The lowest BCUT2D eigenvalue weighted by Gasteiger charge is -2.26. The van der Waals surface area contributed by atoms with Gasteiger partial charge in [0.15, 0.2) is 11.5 Å². The van der Waals surface area contributed by atoms with Crippen molar-refractivity contribution in [3.63, 3.8) is 0 Å². The normalized spacial score (nSPS) is 37.0. The Labute approximate surface area is 228 Å². The Bertz CT molecular complexity index is 1590. The Morgan fingerprint density at radius 2 is 1.70 bits per heavy atom. The summed E-state index contributed by atoms with van der Waals surface area (Å²) in [5, 5.41) is 0. The van der Waals surface area contributed by atoms with Gasteiger partial charge in [0.2, 0.25) is 0 Å². The quantitative estimate of drug-likeness (QED) is 0.286. The van der Waals surface area contributed by atoms with Crippen molar-refractivity contribution in [1.82, 2.24) is 29.1 Å². The molecule has 0 bridgehead atoms. The van der Waals surface area contributed by atoms with Crippen LogP contribution < -0.4 is 17.2 Å². The van der Waals surface area contributed by atoms with Crippen LogP contribution in [0.25, 0.3) is 11.2 Å². The monoisotopic (exact) mass is 618 g/mol. The topological polar surface area (TPSA) is 251 Å². The van der Waals surface area contributed by atoms with Gasteiger partial charge < -0.3 is 30.7 Å². The maximum Gasteiger partial charge on any atom is 0.472 e. The first-order valence-corrected chi connectivity index (χ1v) is 16.5. The lowest BCUT2D eigenvalue weighted by Crippen LogP contribution is -2.31. The minimum Gasteiger partial charge on any atom is -0.383 e. The SMILES string of the molecule is Nc1ccn([C@H]2C[C@@H]3OP(=O)(O)SC[C@H]4O[C@@H](n5cnc6c(N)ncnc65)C[C@@H]4OP(=O)(O)OC[C@H]3O2)c(=O)n1. The molecule has 21 heteroatoms. The molecule has 0 amide bonds. The summed E-state index contributed by atoms with van der Waals surface area (Å²) >= 11 is 0.574. The van der Waals surface area contributed by atoms with Gasteiger partial charge >= 0.3 is 20.3 Å². The standard InChI is InChI=1S/C19H24N8O10P2S/c20-13-1-2-26(19(28)25-13)14-3-9-11(34-14)5-33-38(29,30)36-10-4-15(35-12(10)6-40-39(31,32)37-9)27-8-24-16-17(21)22-7-23-18(16)27/h1-2,7-12,14-15H,3-6H2,(H,29,30)(H,31,32)(H2,20,25,28)(H2,21,22,23)/t9-,10-,11+,12+,14+,15+/m0/s1. The Hall–Kier alpha value is -2.44. The second kappa shape index (κ2) is 10.4. The molecule has 3 saturated heterocycles. The number of nitrogens with two attached hydrogens (primary N) is 2. The average molecular weight is 618 g/mol. The van der Waals surface area contributed by atoms with Gasteiger partial charge in [0.25, 0.3) is 0 Å². The molecule has 3 aromatic rings. The fourth-order valence-corrected chi connectivity index (χ4v) is 8.46. The number of hydrogen-bond donors (Lipinski definition) is 4. The summed E-state index contributed by atoms with van der Waals surface area (Å²) in [4.78, 5) is 49.4. The third kappa shape index (κ3) is 5.54. The second-order valence-corrected chi connectivity index (χ2v) is 14.5. The van der Waals surface area contributed by atoms with E-state index in [-0.39, 0.29) is 30.2 Å². The number of phosphoric ester groups is 1. The van der Waals surface area contributed by atoms with Gasteiger partial charge in [0, 0.05) is 24.8 Å². The number of fused-ring (bicyclic) bond motifs is 3. The number of imidazole rings is 1. The third-order valence-electron chi connectivity index (χ3n) is 6.56. The zero-order valence-corrected chi connectivity index (χ0v) is 23.0. The Morgan fingerprint density at radius 3 is 2.48 bits per heavy atom.